The predicted octanol–water partition coefficient (Wildman–Crippen LogP) is 0.270. The minimum atomic E-state index is -1.09. The molecule has 0 saturated heterocycles. The van der Waals surface area contributed by atoms with E-state index in [0.717, 1.165) is 0 Å². The van der Waals surface area contributed by atoms with E-state index in [1.165, 1.54) is 24.1 Å². The van der Waals surface area contributed by atoms with Crippen molar-refractivity contribution < 1.29 is 19.4 Å². The van der Waals surface area contributed by atoms with Gasteiger partial charge in [-0.25, -0.2) is 19.3 Å². The first kappa shape index (κ1) is 14.4. The van der Waals surface area contributed by atoms with Gasteiger partial charge in [0.25, 0.3) is 0 Å². The molecule has 0 bridgehead atoms. The van der Waals surface area contributed by atoms with Gasteiger partial charge in [0.15, 0.2) is 11.4 Å². The molecular formula is C12H13N5O4. The number of carbonyl (C=O) groups excluding carboxylic acids is 1. The molecule has 2 N–H and O–H groups in total. The maximum atomic E-state index is 11.2. The number of esters is 1. The summed E-state index contributed by atoms with van der Waals surface area (Å²) in [6, 6.07) is 4.67. The number of carbonyl (C=O) groups is 2. The lowest BCUT2D eigenvalue weighted by molar-refractivity contribution is 0.0593. The monoisotopic (exact) mass is 291 g/mol. The third kappa shape index (κ3) is 3.75. The molecule has 0 atom stereocenters. The molecule has 2 aromatic heterocycles. The Morgan fingerprint density at radius 1 is 1.38 bits per heavy atom. The summed E-state index contributed by atoms with van der Waals surface area (Å²) in [7, 11) is 1.27. The van der Waals surface area contributed by atoms with Crippen LogP contribution in [0.15, 0.2) is 24.4 Å². The van der Waals surface area contributed by atoms with Gasteiger partial charge in [-0.2, -0.15) is 0 Å². The fraction of sp³-hybridized carbons (Fsp3) is 0.250. The van der Waals surface area contributed by atoms with Gasteiger partial charge in [0.1, 0.15) is 5.82 Å². The number of pyridine rings is 1. The van der Waals surface area contributed by atoms with Crippen molar-refractivity contribution in [2.45, 2.75) is 6.54 Å². The zero-order valence-electron chi connectivity index (χ0n) is 11.2. The second-order valence-electron chi connectivity index (χ2n) is 4.00. The zero-order chi connectivity index (χ0) is 15.2. The molecule has 0 aromatic carbocycles. The average Bonchev–Trinajstić information content (AvgIpc) is 2.95. The Kier molecular flexibility index (Phi) is 4.44. The van der Waals surface area contributed by atoms with E-state index in [1.807, 2.05) is 0 Å². The lowest BCUT2D eigenvalue weighted by Crippen LogP contribution is -2.13. The van der Waals surface area contributed by atoms with E-state index in [-0.39, 0.29) is 11.4 Å². The first-order valence-electron chi connectivity index (χ1n) is 6.03. The summed E-state index contributed by atoms with van der Waals surface area (Å²) in [6.45, 7) is 0.878. The number of hydrogen-bond acceptors (Lipinski definition) is 7. The van der Waals surface area contributed by atoms with Crippen LogP contribution in [0.2, 0.25) is 0 Å². The predicted molar refractivity (Wildman–Crippen MR) is 71.0 cm³/mol. The van der Waals surface area contributed by atoms with Crippen LogP contribution in [0.1, 0.15) is 21.0 Å². The highest BCUT2D eigenvalue weighted by Crippen LogP contribution is 2.04. The van der Waals surface area contributed by atoms with Crippen LogP contribution in [0.25, 0.3) is 0 Å². The molecule has 9 heteroatoms. The van der Waals surface area contributed by atoms with Gasteiger partial charge in [-0.15, -0.1) is 5.10 Å². The van der Waals surface area contributed by atoms with Crippen molar-refractivity contribution in [3.8, 4) is 0 Å². The quantitative estimate of drug-likeness (QED) is 0.728. The normalized spacial score (nSPS) is 10.1. The Bertz CT molecular complexity index is 655. The van der Waals surface area contributed by atoms with E-state index in [9.17, 15) is 9.59 Å². The molecule has 2 heterocycles. The Morgan fingerprint density at radius 3 is 2.90 bits per heavy atom. The van der Waals surface area contributed by atoms with Crippen LogP contribution in [0, 0.1) is 0 Å². The van der Waals surface area contributed by atoms with Crippen molar-refractivity contribution in [2.75, 3.05) is 19.0 Å². The van der Waals surface area contributed by atoms with Crippen LogP contribution in [-0.2, 0) is 11.3 Å². The molecule has 2 aromatic rings. The molecule has 2 rings (SSSR count). The summed E-state index contributed by atoms with van der Waals surface area (Å²) in [5, 5.41) is 19.2. The molecule has 21 heavy (non-hydrogen) atoms. The fourth-order valence-electron chi connectivity index (χ4n) is 1.56. The number of ether oxygens (including phenoxy) is 1. The van der Waals surface area contributed by atoms with Gasteiger partial charge in [-0.3, -0.25) is 0 Å². The van der Waals surface area contributed by atoms with Crippen molar-refractivity contribution in [3.05, 3.63) is 35.8 Å². The van der Waals surface area contributed by atoms with Gasteiger partial charge in [0.2, 0.25) is 0 Å². The van der Waals surface area contributed by atoms with Gasteiger partial charge < -0.3 is 15.2 Å². The fourth-order valence-corrected chi connectivity index (χ4v) is 1.56. The Balaban J connectivity index is 1.89. The van der Waals surface area contributed by atoms with Crippen molar-refractivity contribution in [1.29, 1.82) is 0 Å². The molecular weight excluding hydrogens is 278 g/mol. The maximum Gasteiger partial charge on any atom is 0.360 e. The lowest BCUT2D eigenvalue weighted by Gasteiger charge is -2.05. The SMILES string of the molecule is COC(=O)c1cn(CCNc2cccc(C(=O)O)n2)nn1. The first-order valence-corrected chi connectivity index (χ1v) is 6.03. The molecule has 9 nitrogen and oxygen atoms in total. The van der Waals surface area contributed by atoms with Crippen molar-refractivity contribution in [1.82, 2.24) is 20.0 Å². The van der Waals surface area contributed by atoms with Gasteiger partial charge in [-0.05, 0) is 12.1 Å². The second kappa shape index (κ2) is 6.46. The summed E-state index contributed by atoms with van der Waals surface area (Å²) >= 11 is 0. The van der Waals surface area contributed by atoms with Crippen molar-refractivity contribution >= 4 is 17.8 Å². The number of rotatable bonds is 6. The molecule has 110 valence electrons. The van der Waals surface area contributed by atoms with E-state index in [1.54, 1.807) is 12.1 Å². The van der Waals surface area contributed by atoms with Crippen molar-refractivity contribution in [3.63, 3.8) is 0 Å². The number of aromatic nitrogens is 4. The summed E-state index contributed by atoms with van der Waals surface area (Å²) in [5.74, 6) is -1.19. The van der Waals surface area contributed by atoms with Gasteiger partial charge in [0, 0.05) is 6.54 Å². The molecule has 0 spiro atoms. The molecule has 0 aliphatic heterocycles. The third-order valence-electron chi connectivity index (χ3n) is 2.55. The number of nitrogens with zero attached hydrogens (tertiary/aromatic N) is 4. The zero-order valence-corrected chi connectivity index (χ0v) is 11.2. The molecule has 0 aliphatic rings. The highest BCUT2D eigenvalue weighted by Gasteiger charge is 2.10. The maximum absolute atomic E-state index is 11.2. The van der Waals surface area contributed by atoms with Gasteiger partial charge in [-0.1, -0.05) is 11.3 Å². The summed E-state index contributed by atoms with van der Waals surface area (Å²) in [6.07, 6.45) is 1.47. The second-order valence-corrected chi connectivity index (χ2v) is 4.00. The van der Waals surface area contributed by atoms with Gasteiger partial charge in [0.05, 0.1) is 19.9 Å². The van der Waals surface area contributed by atoms with Crippen LogP contribution in [0.4, 0.5) is 5.82 Å². The highest BCUT2D eigenvalue weighted by atomic mass is 16.5. The number of hydrogen-bond donors (Lipinski definition) is 2. The Labute approximate surface area is 119 Å². The smallest absolute Gasteiger partial charge is 0.360 e. The van der Waals surface area contributed by atoms with Crippen molar-refractivity contribution in [2.24, 2.45) is 0 Å². The number of anilines is 1. The van der Waals surface area contributed by atoms with Crippen LogP contribution in [-0.4, -0.2) is 50.7 Å². The average molecular weight is 291 g/mol. The highest BCUT2D eigenvalue weighted by molar-refractivity contribution is 5.86. The first-order chi connectivity index (χ1) is 10.1. The molecule has 0 fully saturated rings. The standard InChI is InChI=1S/C12H13N5O4/c1-21-12(20)9-7-17(16-15-9)6-5-13-10-4-2-3-8(14-10)11(18)19/h2-4,7H,5-6H2,1H3,(H,13,14)(H,18,19). The number of carboxylic acids is 1. The minimum absolute atomic E-state index is 0.0336. The van der Waals surface area contributed by atoms with E-state index in [2.05, 4.69) is 25.3 Å². The number of methoxy groups -OCH3 is 1. The minimum Gasteiger partial charge on any atom is -0.477 e. The summed E-state index contributed by atoms with van der Waals surface area (Å²) in [5.41, 5.74) is 0.0947. The molecule has 0 saturated carbocycles. The van der Waals surface area contributed by atoms with E-state index < -0.39 is 11.9 Å². The topological polar surface area (TPSA) is 119 Å². The number of aromatic carboxylic acids is 1. The molecule has 0 amide bonds. The van der Waals surface area contributed by atoms with Crippen LogP contribution >= 0.6 is 0 Å². The third-order valence-corrected chi connectivity index (χ3v) is 2.55. The molecule has 0 radical (unpaired) electrons. The van der Waals surface area contributed by atoms with Gasteiger partial charge >= 0.3 is 11.9 Å². The number of nitrogens with one attached hydrogen (secondary N) is 1. The lowest BCUT2D eigenvalue weighted by atomic mass is 10.3. The summed E-state index contributed by atoms with van der Waals surface area (Å²) in [4.78, 5) is 25.9. The Hall–Kier alpha value is -2.97. The van der Waals surface area contributed by atoms with E-state index in [0.29, 0.717) is 18.9 Å². The van der Waals surface area contributed by atoms with E-state index >= 15 is 0 Å². The summed E-state index contributed by atoms with van der Waals surface area (Å²) < 4.78 is 6.00. The largest absolute Gasteiger partial charge is 0.477 e. The van der Waals surface area contributed by atoms with E-state index in [4.69, 9.17) is 5.11 Å². The van der Waals surface area contributed by atoms with Crippen LogP contribution < -0.4 is 5.32 Å². The van der Waals surface area contributed by atoms with Crippen LogP contribution in [0.5, 0.6) is 0 Å². The molecule has 0 unspecified atom stereocenters. The van der Waals surface area contributed by atoms with Crippen LogP contribution in [0.3, 0.4) is 0 Å². The number of carboxylic acid groups (broad SMARTS) is 1. The molecule has 0 aliphatic carbocycles. The Morgan fingerprint density at radius 2 is 2.19 bits per heavy atom.